The van der Waals surface area contributed by atoms with Crippen molar-refractivity contribution >= 4 is 5.65 Å². The van der Waals surface area contributed by atoms with Crippen molar-refractivity contribution in [3.8, 4) is 0 Å². The number of aromatic nitrogens is 2. The topological polar surface area (TPSA) is 38.6 Å². The number of nitrogens with one attached hydrogen (secondary N) is 1. The largest absolute Gasteiger partial charge is 0.381 e. The van der Waals surface area contributed by atoms with Crippen LogP contribution in [-0.2, 0) is 11.3 Å². The predicted molar refractivity (Wildman–Crippen MR) is 82.0 cm³/mol. The van der Waals surface area contributed by atoms with Crippen molar-refractivity contribution in [2.24, 2.45) is 0 Å². The molecule has 4 nitrogen and oxygen atoms in total. The lowest BCUT2D eigenvalue weighted by molar-refractivity contribution is 0.128. The average Bonchev–Trinajstić information content (AvgIpc) is 2.78. The molecule has 0 aliphatic rings. The predicted octanol–water partition coefficient (Wildman–Crippen LogP) is 2.94. The van der Waals surface area contributed by atoms with E-state index < -0.39 is 0 Å². The summed E-state index contributed by atoms with van der Waals surface area (Å²) >= 11 is 0. The number of nitrogens with zero attached hydrogens (tertiary/aromatic N) is 2. The lowest BCUT2D eigenvalue weighted by Gasteiger charge is -2.06. The first-order valence-electron chi connectivity index (χ1n) is 7.54. The normalized spacial score (nSPS) is 11.3. The van der Waals surface area contributed by atoms with Gasteiger partial charge in [-0.25, -0.2) is 4.98 Å². The molecule has 1 N–H and O–H groups in total. The van der Waals surface area contributed by atoms with E-state index in [1.54, 1.807) is 0 Å². The Morgan fingerprint density at radius 1 is 1.25 bits per heavy atom. The van der Waals surface area contributed by atoms with E-state index in [2.05, 4.69) is 34.7 Å². The number of hydrogen-bond acceptors (Lipinski definition) is 3. The molecule has 0 aliphatic carbocycles. The smallest absolute Gasteiger partial charge is 0.137 e. The van der Waals surface area contributed by atoms with E-state index in [4.69, 9.17) is 4.74 Å². The third-order valence-corrected chi connectivity index (χ3v) is 3.41. The third kappa shape index (κ3) is 4.05. The molecule has 20 heavy (non-hydrogen) atoms. The molecule has 0 saturated heterocycles. The zero-order chi connectivity index (χ0) is 14.2. The average molecular weight is 275 g/mol. The fourth-order valence-electron chi connectivity index (χ4n) is 2.23. The molecular formula is C16H25N3O. The van der Waals surface area contributed by atoms with Crippen LogP contribution in [0.2, 0.25) is 0 Å². The van der Waals surface area contributed by atoms with Gasteiger partial charge in [-0.1, -0.05) is 19.4 Å². The summed E-state index contributed by atoms with van der Waals surface area (Å²) in [6, 6.07) is 6.10. The summed E-state index contributed by atoms with van der Waals surface area (Å²) in [7, 11) is 0. The van der Waals surface area contributed by atoms with E-state index in [-0.39, 0.29) is 0 Å². The molecular weight excluding hydrogens is 250 g/mol. The Morgan fingerprint density at radius 3 is 2.95 bits per heavy atom. The molecule has 0 aliphatic heterocycles. The Bertz CT molecular complexity index is 521. The number of pyridine rings is 1. The van der Waals surface area contributed by atoms with Gasteiger partial charge in [0.25, 0.3) is 0 Å². The maximum Gasteiger partial charge on any atom is 0.137 e. The highest BCUT2D eigenvalue weighted by Gasteiger charge is 2.06. The first-order valence-corrected chi connectivity index (χ1v) is 7.54. The SMILES string of the molecule is CCCCOCCCNCc1c(C)nc2ccccn12. The number of fused-ring (bicyclic) bond motifs is 1. The molecule has 0 unspecified atom stereocenters. The van der Waals surface area contributed by atoms with Gasteiger partial charge in [0.1, 0.15) is 5.65 Å². The van der Waals surface area contributed by atoms with E-state index in [1.807, 2.05) is 18.2 Å². The second kappa shape index (κ2) is 8.02. The van der Waals surface area contributed by atoms with Crippen LogP contribution >= 0.6 is 0 Å². The van der Waals surface area contributed by atoms with E-state index in [9.17, 15) is 0 Å². The highest BCUT2D eigenvalue weighted by molar-refractivity contribution is 5.42. The number of aryl methyl sites for hydroxylation is 1. The standard InChI is InChI=1S/C16H25N3O/c1-3-4-11-20-12-7-9-17-13-15-14(2)18-16-8-5-6-10-19(15)16/h5-6,8,10,17H,3-4,7,9,11-13H2,1-2H3. The van der Waals surface area contributed by atoms with Crippen molar-refractivity contribution in [3.05, 3.63) is 35.8 Å². The van der Waals surface area contributed by atoms with Gasteiger partial charge in [0.15, 0.2) is 0 Å². The van der Waals surface area contributed by atoms with Gasteiger partial charge < -0.3 is 14.5 Å². The summed E-state index contributed by atoms with van der Waals surface area (Å²) in [5.41, 5.74) is 3.36. The minimum absolute atomic E-state index is 0.846. The van der Waals surface area contributed by atoms with Gasteiger partial charge in [0.05, 0.1) is 11.4 Å². The molecule has 0 aromatic carbocycles. The van der Waals surface area contributed by atoms with Crippen molar-refractivity contribution in [1.29, 1.82) is 0 Å². The molecule has 2 aromatic rings. The lowest BCUT2D eigenvalue weighted by Crippen LogP contribution is -2.18. The quantitative estimate of drug-likeness (QED) is 0.715. The van der Waals surface area contributed by atoms with Crippen LogP contribution in [0.5, 0.6) is 0 Å². The maximum atomic E-state index is 5.55. The highest BCUT2D eigenvalue weighted by atomic mass is 16.5. The van der Waals surface area contributed by atoms with Crippen LogP contribution < -0.4 is 5.32 Å². The lowest BCUT2D eigenvalue weighted by atomic mass is 10.3. The monoisotopic (exact) mass is 275 g/mol. The van der Waals surface area contributed by atoms with E-state index in [1.165, 1.54) is 12.1 Å². The summed E-state index contributed by atoms with van der Waals surface area (Å²) in [5, 5.41) is 3.47. The number of unbranched alkanes of at least 4 members (excludes halogenated alkanes) is 1. The molecule has 2 rings (SSSR count). The van der Waals surface area contributed by atoms with Crippen molar-refractivity contribution in [3.63, 3.8) is 0 Å². The minimum Gasteiger partial charge on any atom is -0.381 e. The van der Waals surface area contributed by atoms with Crippen LogP contribution in [0.3, 0.4) is 0 Å². The van der Waals surface area contributed by atoms with Crippen molar-refractivity contribution < 1.29 is 4.74 Å². The summed E-state index contributed by atoms with van der Waals surface area (Å²) in [6.45, 7) is 7.82. The molecule has 2 aromatic heterocycles. The maximum absolute atomic E-state index is 5.55. The number of imidazole rings is 1. The van der Waals surface area contributed by atoms with Gasteiger partial charge >= 0.3 is 0 Å². The molecule has 4 heteroatoms. The summed E-state index contributed by atoms with van der Waals surface area (Å²) < 4.78 is 7.70. The fraction of sp³-hybridized carbons (Fsp3) is 0.562. The van der Waals surface area contributed by atoms with Crippen molar-refractivity contribution in [1.82, 2.24) is 14.7 Å². The molecule has 2 heterocycles. The van der Waals surface area contributed by atoms with Crippen molar-refractivity contribution in [2.45, 2.75) is 39.7 Å². The second-order valence-corrected chi connectivity index (χ2v) is 5.07. The van der Waals surface area contributed by atoms with E-state index in [0.29, 0.717) is 0 Å². The Hall–Kier alpha value is -1.39. The number of rotatable bonds is 9. The van der Waals surface area contributed by atoms with Crippen LogP contribution in [0.25, 0.3) is 5.65 Å². The fourth-order valence-corrected chi connectivity index (χ4v) is 2.23. The molecule has 110 valence electrons. The Kier molecular flexibility index (Phi) is 6.02. The zero-order valence-electron chi connectivity index (χ0n) is 12.6. The highest BCUT2D eigenvalue weighted by Crippen LogP contribution is 2.11. The zero-order valence-corrected chi connectivity index (χ0v) is 12.6. The Balaban J connectivity index is 1.72. The number of hydrogen-bond donors (Lipinski definition) is 1. The number of ether oxygens (including phenoxy) is 1. The van der Waals surface area contributed by atoms with Crippen molar-refractivity contribution in [2.75, 3.05) is 19.8 Å². The van der Waals surface area contributed by atoms with Crippen LogP contribution in [0.4, 0.5) is 0 Å². The molecule has 0 bridgehead atoms. The van der Waals surface area contributed by atoms with Crippen LogP contribution in [0, 0.1) is 6.92 Å². The molecule has 0 atom stereocenters. The Morgan fingerprint density at radius 2 is 2.10 bits per heavy atom. The van der Waals surface area contributed by atoms with Gasteiger partial charge in [-0.2, -0.15) is 0 Å². The second-order valence-electron chi connectivity index (χ2n) is 5.07. The van der Waals surface area contributed by atoms with Gasteiger partial charge in [0, 0.05) is 26.0 Å². The van der Waals surface area contributed by atoms with Gasteiger partial charge in [-0.05, 0) is 38.4 Å². The first kappa shape index (κ1) is 15.0. The van der Waals surface area contributed by atoms with Gasteiger partial charge in [-0.3, -0.25) is 0 Å². The molecule has 0 amide bonds. The van der Waals surface area contributed by atoms with Crippen LogP contribution in [0.15, 0.2) is 24.4 Å². The third-order valence-electron chi connectivity index (χ3n) is 3.41. The Labute approximate surface area is 121 Å². The summed E-state index contributed by atoms with van der Waals surface area (Å²) in [4.78, 5) is 4.56. The van der Waals surface area contributed by atoms with E-state index >= 15 is 0 Å². The van der Waals surface area contributed by atoms with Gasteiger partial charge in [0.2, 0.25) is 0 Å². The molecule has 0 radical (unpaired) electrons. The van der Waals surface area contributed by atoms with Crippen LogP contribution in [0.1, 0.15) is 37.6 Å². The first-order chi connectivity index (χ1) is 9.83. The molecule has 0 fully saturated rings. The molecule has 0 saturated carbocycles. The minimum atomic E-state index is 0.846. The van der Waals surface area contributed by atoms with Gasteiger partial charge in [-0.15, -0.1) is 0 Å². The van der Waals surface area contributed by atoms with Crippen LogP contribution in [-0.4, -0.2) is 29.1 Å². The van der Waals surface area contributed by atoms with E-state index in [0.717, 1.165) is 50.5 Å². The summed E-state index contributed by atoms with van der Waals surface area (Å²) in [6.07, 6.45) is 5.49. The summed E-state index contributed by atoms with van der Waals surface area (Å²) in [5.74, 6) is 0. The molecule has 0 spiro atoms.